The number of benzene rings is 3. The molecule has 0 heterocycles. The SMILES string of the molecule is CCN(C[C@H](O)CNC(C)(C)CC1Cc2ccccc2C1)S(=O)(=O)c1cccc(-c2ccc(CC(=O)O)cc2)c1. The van der Waals surface area contributed by atoms with Crippen molar-refractivity contribution in [3.05, 3.63) is 89.5 Å². The molecule has 214 valence electrons. The average Bonchev–Trinajstić information content (AvgIpc) is 3.32. The molecule has 0 radical (unpaired) electrons. The second-order valence-electron chi connectivity index (χ2n) is 11.4. The Bertz CT molecular complexity index is 1390. The summed E-state index contributed by atoms with van der Waals surface area (Å²) in [6.45, 7) is 6.56. The number of β-amino-alcohol motifs (C(OH)–C–C–N with tert-alkyl or cyclic N) is 1. The first kappa shape index (κ1) is 29.9. The number of aliphatic hydroxyl groups is 1. The molecule has 0 saturated carbocycles. The van der Waals surface area contributed by atoms with E-state index in [2.05, 4.69) is 43.4 Å². The van der Waals surface area contributed by atoms with Crippen molar-refractivity contribution in [2.75, 3.05) is 19.6 Å². The van der Waals surface area contributed by atoms with Gasteiger partial charge in [0.05, 0.1) is 17.4 Å². The number of fused-ring (bicyclic) bond motifs is 1. The second-order valence-corrected chi connectivity index (χ2v) is 13.4. The zero-order valence-electron chi connectivity index (χ0n) is 23.5. The van der Waals surface area contributed by atoms with Crippen LogP contribution in [0, 0.1) is 5.92 Å². The van der Waals surface area contributed by atoms with E-state index in [0.29, 0.717) is 18.0 Å². The highest BCUT2D eigenvalue weighted by molar-refractivity contribution is 7.89. The number of carboxylic acid groups (broad SMARTS) is 1. The van der Waals surface area contributed by atoms with Crippen molar-refractivity contribution in [1.29, 1.82) is 0 Å². The van der Waals surface area contributed by atoms with Crippen LogP contribution in [0.2, 0.25) is 0 Å². The van der Waals surface area contributed by atoms with Crippen LogP contribution in [0.25, 0.3) is 11.1 Å². The van der Waals surface area contributed by atoms with Gasteiger partial charge in [-0.1, -0.05) is 67.6 Å². The molecule has 3 N–H and O–H groups in total. The van der Waals surface area contributed by atoms with E-state index in [9.17, 15) is 18.3 Å². The van der Waals surface area contributed by atoms with Gasteiger partial charge in [-0.15, -0.1) is 0 Å². The van der Waals surface area contributed by atoms with Crippen molar-refractivity contribution >= 4 is 16.0 Å². The van der Waals surface area contributed by atoms with Crippen LogP contribution >= 0.6 is 0 Å². The molecule has 40 heavy (non-hydrogen) atoms. The van der Waals surface area contributed by atoms with E-state index in [-0.39, 0.29) is 29.9 Å². The van der Waals surface area contributed by atoms with Gasteiger partial charge >= 0.3 is 5.97 Å². The summed E-state index contributed by atoms with van der Waals surface area (Å²) in [7, 11) is -3.84. The molecule has 0 unspecified atom stereocenters. The van der Waals surface area contributed by atoms with Crippen LogP contribution in [0.15, 0.2) is 77.7 Å². The number of carbonyl (C=O) groups is 1. The predicted molar refractivity (Wildman–Crippen MR) is 158 cm³/mol. The minimum absolute atomic E-state index is 0.00903. The van der Waals surface area contributed by atoms with Crippen molar-refractivity contribution in [1.82, 2.24) is 9.62 Å². The average molecular weight is 565 g/mol. The van der Waals surface area contributed by atoms with Gasteiger partial charge in [-0.3, -0.25) is 4.79 Å². The summed E-state index contributed by atoms with van der Waals surface area (Å²) in [4.78, 5) is 11.1. The number of carboxylic acids is 1. The lowest BCUT2D eigenvalue weighted by atomic mass is 9.88. The van der Waals surface area contributed by atoms with Crippen molar-refractivity contribution in [3.63, 3.8) is 0 Å². The number of nitrogens with zero attached hydrogens (tertiary/aromatic N) is 1. The van der Waals surface area contributed by atoms with Gasteiger partial charge in [-0.2, -0.15) is 4.31 Å². The maximum Gasteiger partial charge on any atom is 0.307 e. The maximum absolute atomic E-state index is 13.5. The number of rotatable bonds is 13. The first-order valence-corrected chi connectivity index (χ1v) is 15.3. The Morgan fingerprint density at radius 1 is 1.00 bits per heavy atom. The van der Waals surface area contributed by atoms with Crippen molar-refractivity contribution in [2.24, 2.45) is 5.92 Å². The van der Waals surface area contributed by atoms with Gasteiger partial charge < -0.3 is 15.5 Å². The molecule has 0 saturated heterocycles. The van der Waals surface area contributed by atoms with Crippen LogP contribution in [-0.2, 0) is 34.1 Å². The van der Waals surface area contributed by atoms with Crippen molar-refractivity contribution in [2.45, 2.75) is 63.0 Å². The van der Waals surface area contributed by atoms with Crippen LogP contribution < -0.4 is 5.32 Å². The summed E-state index contributed by atoms with van der Waals surface area (Å²) in [5.41, 5.74) is 4.84. The minimum Gasteiger partial charge on any atom is -0.481 e. The van der Waals surface area contributed by atoms with Crippen LogP contribution in [0.1, 0.15) is 43.9 Å². The molecule has 1 aliphatic rings. The van der Waals surface area contributed by atoms with Gasteiger partial charge in [0.1, 0.15) is 0 Å². The molecule has 1 atom stereocenters. The van der Waals surface area contributed by atoms with Crippen LogP contribution in [-0.4, -0.2) is 60.2 Å². The lowest BCUT2D eigenvalue weighted by molar-refractivity contribution is -0.136. The molecule has 8 heteroatoms. The molecule has 0 aliphatic heterocycles. The van der Waals surface area contributed by atoms with E-state index in [0.717, 1.165) is 30.4 Å². The van der Waals surface area contributed by atoms with Crippen LogP contribution in [0.5, 0.6) is 0 Å². The molecule has 0 spiro atoms. The molecule has 0 bridgehead atoms. The van der Waals surface area contributed by atoms with E-state index in [1.807, 2.05) is 6.07 Å². The number of hydrogen-bond donors (Lipinski definition) is 3. The minimum atomic E-state index is -3.84. The quantitative estimate of drug-likeness (QED) is 0.282. The summed E-state index contributed by atoms with van der Waals surface area (Å²) in [5, 5.41) is 23.3. The summed E-state index contributed by atoms with van der Waals surface area (Å²) in [6.07, 6.45) is 2.17. The van der Waals surface area contributed by atoms with Gasteiger partial charge in [0.25, 0.3) is 0 Å². The first-order chi connectivity index (χ1) is 19.0. The van der Waals surface area contributed by atoms with E-state index in [1.165, 1.54) is 15.4 Å². The molecular weight excluding hydrogens is 524 g/mol. The Morgan fingerprint density at radius 2 is 1.65 bits per heavy atom. The Balaban J connectivity index is 1.36. The number of aliphatic carboxylic acids is 1. The molecular formula is C32H40N2O5S. The highest BCUT2D eigenvalue weighted by Gasteiger charge is 2.30. The Hall–Kier alpha value is -3.04. The normalized spacial score (nSPS) is 14.8. The Morgan fingerprint density at radius 3 is 2.25 bits per heavy atom. The topological polar surface area (TPSA) is 107 Å². The Kier molecular flexibility index (Phi) is 9.46. The third-order valence-corrected chi connectivity index (χ3v) is 9.57. The number of hydrogen-bond acceptors (Lipinski definition) is 5. The maximum atomic E-state index is 13.5. The van der Waals surface area contributed by atoms with E-state index < -0.39 is 22.1 Å². The predicted octanol–water partition coefficient (Wildman–Crippen LogP) is 4.53. The summed E-state index contributed by atoms with van der Waals surface area (Å²) in [5.74, 6) is -0.355. The van der Waals surface area contributed by atoms with Gasteiger partial charge in [0.15, 0.2) is 0 Å². The third kappa shape index (κ3) is 7.57. The highest BCUT2D eigenvalue weighted by Crippen LogP contribution is 2.32. The number of likely N-dealkylation sites (N-methyl/N-ethyl adjacent to an activating group) is 1. The van der Waals surface area contributed by atoms with E-state index in [4.69, 9.17) is 5.11 Å². The van der Waals surface area contributed by atoms with E-state index in [1.54, 1.807) is 49.4 Å². The largest absolute Gasteiger partial charge is 0.481 e. The smallest absolute Gasteiger partial charge is 0.307 e. The number of aliphatic hydroxyl groups excluding tert-OH is 1. The lowest BCUT2D eigenvalue weighted by Gasteiger charge is -2.31. The molecule has 4 rings (SSSR count). The highest BCUT2D eigenvalue weighted by atomic mass is 32.2. The first-order valence-electron chi connectivity index (χ1n) is 13.9. The zero-order valence-corrected chi connectivity index (χ0v) is 24.3. The van der Waals surface area contributed by atoms with Crippen molar-refractivity contribution < 1.29 is 23.4 Å². The van der Waals surface area contributed by atoms with Gasteiger partial charge in [0, 0.05) is 25.2 Å². The fourth-order valence-electron chi connectivity index (χ4n) is 5.65. The standard InChI is InChI=1S/C32H40N2O5S/c1-4-34(22-29(35)21-33-32(2,3)20-24-16-26-8-5-6-9-27(26)17-24)40(38,39)30-11-7-10-28(19-30)25-14-12-23(13-15-25)18-31(36)37/h5-15,19,24,29,33,35H,4,16-18,20-22H2,1-3H3,(H,36,37)/t29-/m1/s1. The van der Waals surface area contributed by atoms with Crippen LogP contribution in [0.3, 0.4) is 0 Å². The molecule has 7 nitrogen and oxygen atoms in total. The molecule has 3 aromatic carbocycles. The van der Waals surface area contributed by atoms with Gasteiger partial charge in [-0.25, -0.2) is 8.42 Å². The molecule has 0 fully saturated rings. The monoisotopic (exact) mass is 564 g/mol. The van der Waals surface area contributed by atoms with Gasteiger partial charge in [-0.05, 0) is 79.0 Å². The van der Waals surface area contributed by atoms with E-state index >= 15 is 0 Å². The number of nitrogens with one attached hydrogen (secondary N) is 1. The van der Waals surface area contributed by atoms with Gasteiger partial charge in [0.2, 0.25) is 10.0 Å². The molecule has 3 aromatic rings. The Labute approximate surface area is 237 Å². The number of sulfonamides is 1. The summed E-state index contributed by atoms with van der Waals surface area (Å²) >= 11 is 0. The third-order valence-electron chi connectivity index (χ3n) is 7.63. The van der Waals surface area contributed by atoms with Crippen molar-refractivity contribution in [3.8, 4) is 11.1 Å². The second kappa shape index (κ2) is 12.6. The fraction of sp³-hybridized carbons (Fsp3) is 0.406. The molecule has 1 aliphatic carbocycles. The lowest BCUT2D eigenvalue weighted by Crippen LogP contribution is -2.48. The fourth-order valence-corrected chi connectivity index (χ4v) is 7.19. The molecule has 0 amide bonds. The molecule has 0 aromatic heterocycles. The summed E-state index contributed by atoms with van der Waals surface area (Å²) in [6, 6.07) is 22.3. The zero-order chi connectivity index (χ0) is 28.9. The summed E-state index contributed by atoms with van der Waals surface area (Å²) < 4.78 is 28.4. The van der Waals surface area contributed by atoms with Crippen LogP contribution in [0.4, 0.5) is 0 Å².